The monoisotopic (exact) mass is 456 g/mol. The third-order valence-electron chi connectivity index (χ3n) is 4.94. The summed E-state index contributed by atoms with van der Waals surface area (Å²) in [5, 5.41) is 8.67. The lowest BCUT2D eigenvalue weighted by Crippen LogP contribution is -2.09. The number of aromatic nitrogens is 6. The van der Waals surface area contributed by atoms with Gasteiger partial charge in [0.2, 0.25) is 5.88 Å². The molecule has 1 aliphatic rings. The highest BCUT2D eigenvalue weighted by Crippen LogP contribution is 2.35. The van der Waals surface area contributed by atoms with Gasteiger partial charge < -0.3 is 4.74 Å². The SMILES string of the molecule is COc1ncc(C#Cc2ncn3c2Cc2cnnn2-c2cc(Cl)ccc2-3)cc1C(F)(F)F. The summed E-state index contributed by atoms with van der Waals surface area (Å²) in [6.07, 6.45) is 0.273. The van der Waals surface area contributed by atoms with Gasteiger partial charge in [-0.2, -0.15) is 13.2 Å². The molecule has 0 amide bonds. The van der Waals surface area contributed by atoms with Crippen molar-refractivity contribution < 1.29 is 17.9 Å². The molecular formula is C21H12ClF3N6O. The summed E-state index contributed by atoms with van der Waals surface area (Å²) in [6, 6.07) is 6.26. The van der Waals surface area contributed by atoms with Crippen molar-refractivity contribution in [3.05, 3.63) is 76.2 Å². The predicted molar refractivity (Wildman–Crippen MR) is 108 cm³/mol. The van der Waals surface area contributed by atoms with Gasteiger partial charge >= 0.3 is 6.18 Å². The molecule has 0 spiro atoms. The summed E-state index contributed by atoms with van der Waals surface area (Å²) in [6.45, 7) is 0. The zero-order valence-corrected chi connectivity index (χ0v) is 17.1. The number of hydrogen-bond acceptors (Lipinski definition) is 5. The minimum Gasteiger partial charge on any atom is -0.481 e. The van der Waals surface area contributed by atoms with Crippen molar-refractivity contribution in [1.82, 2.24) is 29.5 Å². The Morgan fingerprint density at radius 3 is 2.72 bits per heavy atom. The largest absolute Gasteiger partial charge is 0.481 e. The average molecular weight is 457 g/mol. The number of nitrogens with zero attached hydrogens (tertiary/aromatic N) is 6. The summed E-state index contributed by atoms with van der Waals surface area (Å²) >= 11 is 6.18. The van der Waals surface area contributed by atoms with Crippen LogP contribution in [0.1, 0.15) is 28.2 Å². The van der Waals surface area contributed by atoms with Crippen molar-refractivity contribution in [1.29, 1.82) is 0 Å². The molecule has 32 heavy (non-hydrogen) atoms. The Hall–Kier alpha value is -3.84. The third-order valence-corrected chi connectivity index (χ3v) is 5.17. The highest BCUT2D eigenvalue weighted by Gasteiger charge is 2.35. The first-order valence-electron chi connectivity index (χ1n) is 9.24. The quantitative estimate of drug-likeness (QED) is 0.358. The van der Waals surface area contributed by atoms with E-state index in [1.54, 1.807) is 29.3 Å². The number of benzene rings is 1. The summed E-state index contributed by atoms with van der Waals surface area (Å²) in [5.74, 6) is 5.10. The van der Waals surface area contributed by atoms with Gasteiger partial charge in [-0.15, -0.1) is 5.10 Å². The van der Waals surface area contributed by atoms with Crippen LogP contribution in [0.4, 0.5) is 13.2 Å². The fourth-order valence-electron chi connectivity index (χ4n) is 3.49. The minimum atomic E-state index is -4.61. The highest BCUT2D eigenvalue weighted by atomic mass is 35.5. The van der Waals surface area contributed by atoms with E-state index in [1.165, 1.54) is 6.20 Å². The lowest BCUT2D eigenvalue weighted by Gasteiger charge is -2.10. The number of fused-ring (bicyclic) bond motifs is 5. The van der Waals surface area contributed by atoms with Gasteiger partial charge in [0, 0.05) is 23.2 Å². The van der Waals surface area contributed by atoms with Crippen molar-refractivity contribution in [2.45, 2.75) is 12.6 Å². The second-order valence-electron chi connectivity index (χ2n) is 6.89. The number of hydrogen-bond donors (Lipinski definition) is 0. The normalized spacial score (nSPS) is 12.2. The predicted octanol–water partition coefficient (Wildman–Crippen LogP) is 3.83. The van der Waals surface area contributed by atoms with E-state index in [-0.39, 0.29) is 5.56 Å². The van der Waals surface area contributed by atoms with Crippen LogP contribution in [0.2, 0.25) is 5.02 Å². The second kappa shape index (κ2) is 7.39. The maximum atomic E-state index is 13.3. The van der Waals surface area contributed by atoms with Crippen LogP contribution in [0, 0.1) is 11.8 Å². The molecule has 1 aromatic carbocycles. The van der Waals surface area contributed by atoms with E-state index in [9.17, 15) is 13.2 Å². The Morgan fingerprint density at radius 1 is 1.09 bits per heavy atom. The maximum Gasteiger partial charge on any atom is 0.421 e. The molecule has 0 fully saturated rings. The Labute approximate surface area is 184 Å². The Balaban J connectivity index is 1.60. The molecule has 0 unspecified atom stereocenters. The molecule has 160 valence electrons. The molecule has 4 heterocycles. The van der Waals surface area contributed by atoms with E-state index < -0.39 is 17.6 Å². The van der Waals surface area contributed by atoms with Crippen LogP contribution in [-0.2, 0) is 12.6 Å². The number of imidazole rings is 1. The van der Waals surface area contributed by atoms with E-state index >= 15 is 0 Å². The second-order valence-corrected chi connectivity index (χ2v) is 7.32. The third kappa shape index (κ3) is 3.36. The Kier molecular flexibility index (Phi) is 4.64. The van der Waals surface area contributed by atoms with E-state index in [0.29, 0.717) is 17.1 Å². The van der Waals surface area contributed by atoms with Crippen LogP contribution < -0.4 is 4.74 Å². The average Bonchev–Trinajstić information content (AvgIpc) is 3.36. The van der Waals surface area contributed by atoms with Crippen LogP contribution in [0.15, 0.2) is 43.0 Å². The Bertz CT molecular complexity index is 1410. The van der Waals surface area contributed by atoms with Crippen molar-refractivity contribution >= 4 is 11.6 Å². The van der Waals surface area contributed by atoms with Gasteiger partial charge in [-0.1, -0.05) is 22.7 Å². The lowest BCUT2D eigenvalue weighted by atomic mass is 10.1. The standard InChI is InChI=1S/C21H12ClF3N6O/c1-32-20-15(21(23,24)25)6-12(9-26-20)2-4-16-18-8-14-10-28-29-31(14)19-7-13(22)3-5-17(19)30(18)11-27-16/h3,5-7,9-11H,8H2,1H3. The van der Waals surface area contributed by atoms with Gasteiger partial charge in [-0.05, 0) is 30.2 Å². The van der Waals surface area contributed by atoms with Gasteiger partial charge in [0.05, 0.1) is 36.1 Å². The molecule has 0 aliphatic carbocycles. The van der Waals surface area contributed by atoms with Crippen LogP contribution in [0.5, 0.6) is 5.88 Å². The van der Waals surface area contributed by atoms with Crippen molar-refractivity contribution in [3.8, 4) is 29.1 Å². The lowest BCUT2D eigenvalue weighted by molar-refractivity contribution is -0.139. The van der Waals surface area contributed by atoms with Crippen LogP contribution in [0.25, 0.3) is 11.4 Å². The van der Waals surface area contributed by atoms with Crippen molar-refractivity contribution in [3.63, 3.8) is 0 Å². The van der Waals surface area contributed by atoms with E-state index in [4.69, 9.17) is 16.3 Å². The topological polar surface area (TPSA) is 70.7 Å². The number of halogens is 4. The van der Waals surface area contributed by atoms with Crippen molar-refractivity contribution in [2.75, 3.05) is 7.11 Å². The first-order valence-corrected chi connectivity index (χ1v) is 9.62. The van der Waals surface area contributed by atoms with Crippen LogP contribution in [-0.4, -0.2) is 36.6 Å². The van der Waals surface area contributed by atoms with Crippen LogP contribution >= 0.6 is 11.6 Å². The van der Waals surface area contributed by atoms with Gasteiger partial charge in [0.15, 0.2) is 0 Å². The summed E-state index contributed by atoms with van der Waals surface area (Å²) in [7, 11) is 1.13. The summed E-state index contributed by atoms with van der Waals surface area (Å²) in [5.41, 5.74) is 2.57. The van der Waals surface area contributed by atoms with Gasteiger partial charge in [0.1, 0.15) is 17.6 Å². The number of methoxy groups -OCH3 is 1. The van der Waals surface area contributed by atoms with Gasteiger partial charge in [0.25, 0.3) is 0 Å². The number of rotatable bonds is 1. The highest BCUT2D eigenvalue weighted by molar-refractivity contribution is 6.30. The number of ether oxygens (including phenoxy) is 1. The molecule has 0 radical (unpaired) electrons. The van der Waals surface area contributed by atoms with E-state index in [2.05, 4.69) is 32.1 Å². The molecule has 3 aromatic heterocycles. The molecule has 4 aromatic rings. The molecule has 1 aliphatic heterocycles. The zero-order chi connectivity index (χ0) is 22.5. The molecular weight excluding hydrogens is 445 g/mol. The number of alkyl halides is 3. The molecule has 7 nitrogen and oxygen atoms in total. The van der Waals surface area contributed by atoms with E-state index in [0.717, 1.165) is 35.9 Å². The van der Waals surface area contributed by atoms with Crippen molar-refractivity contribution in [2.24, 2.45) is 0 Å². The minimum absolute atomic E-state index is 0.0902. The number of pyridine rings is 1. The molecule has 0 saturated heterocycles. The summed E-state index contributed by atoms with van der Waals surface area (Å²) < 4.78 is 48.1. The smallest absolute Gasteiger partial charge is 0.421 e. The molecule has 5 rings (SSSR count). The molecule has 0 saturated carbocycles. The molecule has 0 atom stereocenters. The molecule has 11 heteroatoms. The van der Waals surface area contributed by atoms with E-state index in [1.807, 2.05) is 10.6 Å². The Morgan fingerprint density at radius 2 is 1.94 bits per heavy atom. The first kappa shape index (κ1) is 20.1. The molecule has 0 bridgehead atoms. The maximum absolute atomic E-state index is 13.3. The van der Waals surface area contributed by atoms with Crippen LogP contribution in [0.3, 0.4) is 0 Å². The molecule has 0 N–H and O–H groups in total. The zero-order valence-electron chi connectivity index (χ0n) is 16.4. The first-order chi connectivity index (χ1) is 15.3. The van der Waals surface area contributed by atoms with Gasteiger partial charge in [-0.25, -0.2) is 14.6 Å². The van der Waals surface area contributed by atoms with Gasteiger partial charge in [-0.3, -0.25) is 4.57 Å². The summed E-state index contributed by atoms with van der Waals surface area (Å²) in [4.78, 5) is 8.10. The fourth-order valence-corrected chi connectivity index (χ4v) is 3.66. The fraction of sp³-hybridized carbons (Fsp3) is 0.143.